The molecule has 3 nitrogen and oxygen atoms in total. The lowest BCUT2D eigenvalue weighted by molar-refractivity contribution is 0.145. The molecule has 1 rings (SSSR count). The topological polar surface area (TPSA) is 48.1 Å². The molecule has 1 aromatic rings. The zero-order valence-corrected chi connectivity index (χ0v) is 9.01. The highest BCUT2D eigenvalue weighted by atomic mass is 79.9. The molecular weight excluding hydrogens is 258 g/mol. The summed E-state index contributed by atoms with van der Waals surface area (Å²) in [5.41, 5.74) is 5.48. The molecule has 1 aromatic heterocycles. The number of pyridine rings is 1. The summed E-state index contributed by atoms with van der Waals surface area (Å²) in [5.74, 6) is 0.288. The van der Waals surface area contributed by atoms with Crippen molar-refractivity contribution in [2.24, 2.45) is 0 Å². The molecule has 0 aliphatic heterocycles. The number of anilines is 1. The van der Waals surface area contributed by atoms with E-state index in [1.807, 2.05) is 0 Å². The Morgan fingerprint density at radius 3 is 2.71 bits per heavy atom. The van der Waals surface area contributed by atoms with Gasteiger partial charge in [0.15, 0.2) is 11.6 Å². The second-order valence-corrected chi connectivity index (χ2v) is 3.12. The predicted octanol–water partition coefficient (Wildman–Crippen LogP) is 2.50. The number of hydrogen-bond donors (Lipinski definition) is 1. The van der Waals surface area contributed by atoms with Crippen LogP contribution in [-0.4, -0.2) is 12.1 Å². The number of nitrogens with two attached hydrogens (primary N) is 1. The van der Waals surface area contributed by atoms with Crippen LogP contribution in [-0.2, 0) is 5.33 Å². The van der Waals surface area contributed by atoms with Crippen LogP contribution in [0.1, 0.15) is 17.7 Å². The van der Waals surface area contributed by atoms with Crippen molar-refractivity contribution in [2.45, 2.75) is 11.8 Å². The Bertz CT molecular complexity index is 333. The van der Waals surface area contributed by atoms with E-state index >= 15 is 0 Å². The van der Waals surface area contributed by atoms with Gasteiger partial charge in [-0.15, -0.1) is 0 Å². The Morgan fingerprint density at radius 1 is 1.64 bits per heavy atom. The lowest BCUT2D eigenvalue weighted by atomic mass is 10.2. The summed E-state index contributed by atoms with van der Waals surface area (Å²) in [6.45, 7) is 0. The standard InChI is InChI=1S/C8H9BrF2N2O/c1-14-5-2-4(3-9)6(7(10)11)13-8(5)12/h2,7H,3H2,1H3,(H2,12,13). The van der Waals surface area contributed by atoms with Crippen LogP contribution in [0.2, 0.25) is 0 Å². The Kier molecular flexibility index (Phi) is 3.62. The highest BCUT2D eigenvalue weighted by molar-refractivity contribution is 9.08. The summed E-state index contributed by atoms with van der Waals surface area (Å²) in [7, 11) is 1.41. The molecule has 0 aliphatic carbocycles. The summed E-state index contributed by atoms with van der Waals surface area (Å²) < 4.78 is 29.8. The van der Waals surface area contributed by atoms with Gasteiger partial charge in [0.05, 0.1) is 7.11 Å². The smallest absolute Gasteiger partial charge is 0.280 e. The maximum atomic E-state index is 12.5. The van der Waals surface area contributed by atoms with Crippen molar-refractivity contribution in [3.8, 4) is 5.75 Å². The molecule has 0 radical (unpaired) electrons. The van der Waals surface area contributed by atoms with E-state index in [0.29, 0.717) is 11.3 Å². The van der Waals surface area contributed by atoms with Crippen molar-refractivity contribution >= 4 is 21.7 Å². The van der Waals surface area contributed by atoms with Gasteiger partial charge in [0, 0.05) is 5.33 Å². The molecule has 0 aliphatic rings. The van der Waals surface area contributed by atoms with Crippen LogP contribution < -0.4 is 10.5 Å². The minimum absolute atomic E-state index is 0.0208. The number of aromatic nitrogens is 1. The van der Waals surface area contributed by atoms with E-state index in [2.05, 4.69) is 20.9 Å². The van der Waals surface area contributed by atoms with E-state index in [0.717, 1.165) is 0 Å². The fourth-order valence-corrected chi connectivity index (χ4v) is 1.47. The molecule has 1 heterocycles. The number of nitrogens with zero attached hydrogens (tertiary/aromatic N) is 1. The number of alkyl halides is 3. The molecular formula is C8H9BrF2N2O. The first-order chi connectivity index (χ1) is 6.60. The number of ether oxygens (including phenoxy) is 1. The second kappa shape index (κ2) is 4.54. The van der Waals surface area contributed by atoms with E-state index in [1.54, 1.807) is 0 Å². The van der Waals surface area contributed by atoms with Gasteiger partial charge in [0.2, 0.25) is 0 Å². The Balaban J connectivity index is 3.24. The molecule has 0 atom stereocenters. The van der Waals surface area contributed by atoms with E-state index in [9.17, 15) is 8.78 Å². The van der Waals surface area contributed by atoms with Gasteiger partial charge in [-0.2, -0.15) is 0 Å². The molecule has 2 N–H and O–H groups in total. The van der Waals surface area contributed by atoms with Crippen LogP contribution in [0, 0.1) is 0 Å². The fraction of sp³-hybridized carbons (Fsp3) is 0.375. The zero-order chi connectivity index (χ0) is 10.7. The third kappa shape index (κ3) is 2.12. The van der Waals surface area contributed by atoms with Crippen LogP contribution in [0.4, 0.5) is 14.6 Å². The van der Waals surface area contributed by atoms with Gasteiger partial charge in [0.25, 0.3) is 6.43 Å². The van der Waals surface area contributed by atoms with Crippen molar-refractivity contribution in [3.63, 3.8) is 0 Å². The van der Waals surface area contributed by atoms with Crippen LogP contribution in [0.25, 0.3) is 0 Å². The molecule has 0 aromatic carbocycles. The molecule has 0 spiro atoms. The summed E-state index contributed by atoms with van der Waals surface area (Å²) >= 11 is 3.09. The maximum absolute atomic E-state index is 12.5. The molecule has 0 saturated heterocycles. The van der Waals surface area contributed by atoms with Gasteiger partial charge in [-0.1, -0.05) is 15.9 Å². The van der Waals surface area contributed by atoms with E-state index in [4.69, 9.17) is 10.5 Å². The lowest BCUT2D eigenvalue weighted by Crippen LogP contribution is -2.03. The average molecular weight is 267 g/mol. The molecule has 0 amide bonds. The van der Waals surface area contributed by atoms with Crippen LogP contribution >= 0.6 is 15.9 Å². The maximum Gasteiger partial charge on any atom is 0.280 e. The van der Waals surface area contributed by atoms with Gasteiger partial charge in [-0.25, -0.2) is 13.8 Å². The Morgan fingerprint density at radius 2 is 2.29 bits per heavy atom. The Hall–Kier alpha value is -0.910. The molecule has 6 heteroatoms. The van der Waals surface area contributed by atoms with Crippen LogP contribution in [0.5, 0.6) is 5.75 Å². The van der Waals surface area contributed by atoms with Gasteiger partial charge in [0.1, 0.15) is 5.69 Å². The highest BCUT2D eigenvalue weighted by Crippen LogP contribution is 2.29. The van der Waals surface area contributed by atoms with Crippen LogP contribution in [0.3, 0.4) is 0 Å². The SMILES string of the molecule is COc1cc(CBr)c(C(F)F)nc1N. The molecule has 0 unspecified atom stereocenters. The monoisotopic (exact) mass is 266 g/mol. The normalized spacial score (nSPS) is 10.6. The first kappa shape index (κ1) is 11.2. The van der Waals surface area contributed by atoms with Crippen molar-refractivity contribution < 1.29 is 13.5 Å². The molecule has 0 fully saturated rings. The largest absolute Gasteiger partial charge is 0.493 e. The summed E-state index contributed by atoms with van der Waals surface area (Å²) in [4.78, 5) is 3.59. The van der Waals surface area contributed by atoms with E-state index in [1.165, 1.54) is 13.2 Å². The number of methoxy groups -OCH3 is 1. The summed E-state index contributed by atoms with van der Waals surface area (Å²) in [5, 5.41) is 0.288. The molecule has 0 saturated carbocycles. The van der Waals surface area contributed by atoms with Gasteiger partial charge < -0.3 is 10.5 Å². The minimum atomic E-state index is -2.63. The number of halogens is 3. The van der Waals surface area contributed by atoms with Crippen molar-refractivity contribution in [3.05, 3.63) is 17.3 Å². The first-order valence-corrected chi connectivity index (χ1v) is 4.89. The predicted molar refractivity (Wildman–Crippen MR) is 52.8 cm³/mol. The Labute approximate surface area is 88.4 Å². The first-order valence-electron chi connectivity index (χ1n) is 3.77. The number of rotatable bonds is 3. The van der Waals surface area contributed by atoms with Gasteiger partial charge in [-0.05, 0) is 11.6 Å². The highest BCUT2D eigenvalue weighted by Gasteiger charge is 2.17. The van der Waals surface area contributed by atoms with Crippen LogP contribution in [0.15, 0.2) is 6.07 Å². The molecule has 78 valence electrons. The van der Waals surface area contributed by atoms with Crippen molar-refractivity contribution in [2.75, 3.05) is 12.8 Å². The second-order valence-electron chi connectivity index (χ2n) is 2.55. The zero-order valence-electron chi connectivity index (χ0n) is 7.43. The van der Waals surface area contributed by atoms with Crippen molar-refractivity contribution in [1.29, 1.82) is 0 Å². The minimum Gasteiger partial charge on any atom is -0.493 e. The van der Waals surface area contributed by atoms with E-state index < -0.39 is 6.43 Å². The molecule has 14 heavy (non-hydrogen) atoms. The summed E-state index contributed by atoms with van der Waals surface area (Å²) in [6.07, 6.45) is -2.63. The lowest BCUT2D eigenvalue weighted by Gasteiger charge is -2.09. The fourth-order valence-electron chi connectivity index (χ4n) is 1.02. The third-order valence-corrected chi connectivity index (χ3v) is 2.30. The quantitative estimate of drug-likeness (QED) is 0.856. The average Bonchev–Trinajstić information content (AvgIpc) is 2.17. The van der Waals surface area contributed by atoms with E-state index in [-0.39, 0.29) is 16.8 Å². The van der Waals surface area contributed by atoms with Crippen molar-refractivity contribution in [1.82, 2.24) is 4.98 Å². The van der Waals surface area contributed by atoms with Gasteiger partial charge in [-0.3, -0.25) is 0 Å². The molecule has 0 bridgehead atoms. The number of hydrogen-bond acceptors (Lipinski definition) is 3. The summed E-state index contributed by atoms with van der Waals surface area (Å²) in [6, 6.07) is 1.46. The third-order valence-electron chi connectivity index (χ3n) is 1.70. The number of nitrogen functional groups attached to an aromatic ring is 1. The van der Waals surface area contributed by atoms with Gasteiger partial charge >= 0.3 is 0 Å².